The zero-order valence-corrected chi connectivity index (χ0v) is 10.9. The van der Waals surface area contributed by atoms with Crippen LogP contribution in [0.3, 0.4) is 0 Å². The van der Waals surface area contributed by atoms with E-state index in [0.29, 0.717) is 12.3 Å². The molecule has 2 amide bonds. The Morgan fingerprint density at radius 2 is 2.11 bits per heavy atom. The maximum absolute atomic E-state index is 11.8. The van der Waals surface area contributed by atoms with Crippen LogP contribution in [-0.4, -0.2) is 17.9 Å². The van der Waals surface area contributed by atoms with E-state index in [9.17, 15) is 9.59 Å². The lowest BCUT2D eigenvalue weighted by molar-refractivity contribution is -0.120. The summed E-state index contributed by atoms with van der Waals surface area (Å²) in [6, 6.07) is 2.59. The Morgan fingerprint density at radius 3 is 2.68 bits per heavy atom. The van der Waals surface area contributed by atoms with Crippen LogP contribution >= 0.6 is 0 Å². The second kappa shape index (κ2) is 6.41. The molecule has 0 saturated heterocycles. The van der Waals surface area contributed by atoms with Crippen molar-refractivity contribution in [1.29, 1.82) is 0 Å². The molecular weight excluding hydrogens is 244 g/mol. The molecule has 2 rings (SSSR count). The van der Waals surface area contributed by atoms with Crippen LogP contribution in [-0.2, 0) is 4.79 Å². The minimum Gasteiger partial charge on any atom is -0.459 e. The van der Waals surface area contributed by atoms with Crippen LogP contribution in [0.4, 0.5) is 0 Å². The molecule has 1 atom stereocenters. The van der Waals surface area contributed by atoms with Crippen LogP contribution < -0.4 is 11.1 Å². The first-order valence-electron chi connectivity index (χ1n) is 6.80. The lowest BCUT2D eigenvalue weighted by atomic mass is 9.84. The van der Waals surface area contributed by atoms with Gasteiger partial charge in [-0.3, -0.25) is 9.59 Å². The molecule has 0 aromatic carbocycles. The van der Waals surface area contributed by atoms with E-state index in [1.165, 1.54) is 25.5 Å². The van der Waals surface area contributed by atoms with Crippen molar-refractivity contribution in [1.82, 2.24) is 5.32 Å². The van der Waals surface area contributed by atoms with Gasteiger partial charge in [-0.2, -0.15) is 0 Å². The van der Waals surface area contributed by atoms with Crippen molar-refractivity contribution in [2.75, 3.05) is 0 Å². The van der Waals surface area contributed by atoms with Gasteiger partial charge in [0.2, 0.25) is 5.91 Å². The first-order chi connectivity index (χ1) is 9.16. The second-order valence-electron chi connectivity index (χ2n) is 5.15. The van der Waals surface area contributed by atoms with Crippen LogP contribution in [0, 0.1) is 5.92 Å². The molecule has 1 fully saturated rings. The van der Waals surface area contributed by atoms with Crippen molar-refractivity contribution in [2.45, 2.75) is 44.6 Å². The topological polar surface area (TPSA) is 85.3 Å². The van der Waals surface area contributed by atoms with Gasteiger partial charge in [-0.25, -0.2) is 0 Å². The third-order valence-electron chi connectivity index (χ3n) is 3.69. The number of carbonyl (C=O) groups is 2. The highest BCUT2D eigenvalue weighted by Gasteiger charge is 2.25. The number of nitrogens with two attached hydrogens (primary N) is 1. The summed E-state index contributed by atoms with van der Waals surface area (Å²) in [6.07, 6.45) is 7.93. The molecular formula is C14H20N2O3. The van der Waals surface area contributed by atoms with Gasteiger partial charge in [-0.05, 0) is 24.5 Å². The van der Waals surface area contributed by atoms with E-state index in [1.54, 1.807) is 12.1 Å². The summed E-state index contributed by atoms with van der Waals surface area (Å²) in [5.74, 6) is -0.187. The number of amides is 2. The Labute approximate surface area is 112 Å². The fourth-order valence-electron chi connectivity index (χ4n) is 2.64. The van der Waals surface area contributed by atoms with Gasteiger partial charge in [-0.1, -0.05) is 32.1 Å². The van der Waals surface area contributed by atoms with Gasteiger partial charge in [0.05, 0.1) is 6.26 Å². The minimum absolute atomic E-state index is 0.204. The van der Waals surface area contributed by atoms with Crippen molar-refractivity contribution in [3.05, 3.63) is 24.2 Å². The van der Waals surface area contributed by atoms with E-state index in [0.717, 1.165) is 12.8 Å². The Hall–Kier alpha value is -1.78. The third kappa shape index (κ3) is 3.84. The molecule has 0 radical (unpaired) electrons. The van der Waals surface area contributed by atoms with Gasteiger partial charge in [-0.15, -0.1) is 0 Å². The number of nitrogens with one attached hydrogen (secondary N) is 1. The van der Waals surface area contributed by atoms with E-state index in [-0.39, 0.29) is 11.7 Å². The lowest BCUT2D eigenvalue weighted by Gasteiger charge is -2.25. The summed E-state index contributed by atoms with van der Waals surface area (Å²) >= 11 is 0. The molecule has 1 aromatic heterocycles. The van der Waals surface area contributed by atoms with E-state index in [2.05, 4.69) is 5.32 Å². The Balaban J connectivity index is 1.92. The summed E-state index contributed by atoms with van der Waals surface area (Å²) in [6.45, 7) is 0. The number of rotatable bonds is 5. The van der Waals surface area contributed by atoms with Crippen LogP contribution in [0.25, 0.3) is 0 Å². The van der Waals surface area contributed by atoms with Crippen LogP contribution in [0.15, 0.2) is 22.8 Å². The maximum atomic E-state index is 11.8. The third-order valence-corrected chi connectivity index (χ3v) is 3.69. The molecule has 1 aliphatic rings. The zero-order valence-electron chi connectivity index (χ0n) is 10.9. The average Bonchev–Trinajstić information content (AvgIpc) is 2.93. The van der Waals surface area contributed by atoms with Gasteiger partial charge in [0.25, 0.3) is 5.91 Å². The second-order valence-corrected chi connectivity index (χ2v) is 5.15. The Morgan fingerprint density at radius 1 is 1.37 bits per heavy atom. The van der Waals surface area contributed by atoms with Crippen LogP contribution in [0.5, 0.6) is 0 Å². The number of hydrogen-bond donors (Lipinski definition) is 2. The molecule has 0 bridgehead atoms. The molecule has 1 saturated carbocycles. The van der Waals surface area contributed by atoms with E-state index < -0.39 is 11.9 Å². The predicted octanol–water partition coefficient (Wildman–Crippen LogP) is 1.83. The molecule has 1 unspecified atom stereocenters. The van der Waals surface area contributed by atoms with Gasteiger partial charge < -0.3 is 15.5 Å². The molecule has 0 spiro atoms. The van der Waals surface area contributed by atoms with E-state index >= 15 is 0 Å². The molecule has 1 heterocycles. The summed E-state index contributed by atoms with van der Waals surface area (Å²) in [7, 11) is 0. The zero-order chi connectivity index (χ0) is 13.7. The average molecular weight is 264 g/mol. The van der Waals surface area contributed by atoms with Gasteiger partial charge in [0, 0.05) is 0 Å². The summed E-state index contributed by atoms with van der Waals surface area (Å²) in [5.41, 5.74) is 5.37. The maximum Gasteiger partial charge on any atom is 0.287 e. The van der Waals surface area contributed by atoms with E-state index in [1.807, 2.05) is 0 Å². The van der Waals surface area contributed by atoms with Gasteiger partial charge in [0.15, 0.2) is 5.76 Å². The van der Waals surface area contributed by atoms with Crippen LogP contribution in [0.2, 0.25) is 0 Å². The highest BCUT2D eigenvalue weighted by atomic mass is 16.3. The molecule has 1 aromatic rings. The number of hydrogen-bond acceptors (Lipinski definition) is 3. The molecule has 104 valence electrons. The SMILES string of the molecule is NC(=O)C(CC1CCCCC1)NC(=O)c1ccco1. The van der Waals surface area contributed by atoms with Crippen molar-refractivity contribution in [3.63, 3.8) is 0 Å². The predicted molar refractivity (Wildman–Crippen MR) is 70.3 cm³/mol. The molecule has 3 N–H and O–H groups in total. The van der Waals surface area contributed by atoms with Crippen LogP contribution in [0.1, 0.15) is 49.1 Å². The van der Waals surface area contributed by atoms with Crippen molar-refractivity contribution < 1.29 is 14.0 Å². The summed E-state index contributed by atoms with van der Waals surface area (Å²) < 4.78 is 5.00. The van der Waals surface area contributed by atoms with E-state index in [4.69, 9.17) is 10.2 Å². The Bertz CT molecular complexity index is 422. The largest absolute Gasteiger partial charge is 0.459 e. The smallest absolute Gasteiger partial charge is 0.287 e. The fourth-order valence-corrected chi connectivity index (χ4v) is 2.64. The molecule has 5 nitrogen and oxygen atoms in total. The molecule has 1 aliphatic carbocycles. The normalized spacial score (nSPS) is 17.9. The highest BCUT2D eigenvalue weighted by molar-refractivity contribution is 5.95. The summed E-state index contributed by atoms with van der Waals surface area (Å²) in [4.78, 5) is 23.3. The molecule has 0 aliphatic heterocycles. The first-order valence-corrected chi connectivity index (χ1v) is 6.80. The quantitative estimate of drug-likeness (QED) is 0.850. The van der Waals surface area contributed by atoms with Gasteiger partial charge >= 0.3 is 0 Å². The standard InChI is InChI=1S/C14H20N2O3/c15-13(17)11(9-10-5-2-1-3-6-10)16-14(18)12-7-4-8-19-12/h4,7-8,10-11H,1-3,5-6,9H2,(H2,15,17)(H,16,18). The van der Waals surface area contributed by atoms with Crippen molar-refractivity contribution >= 4 is 11.8 Å². The van der Waals surface area contributed by atoms with Gasteiger partial charge in [0.1, 0.15) is 6.04 Å². The Kier molecular flexibility index (Phi) is 4.60. The fraction of sp³-hybridized carbons (Fsp3) is 0.571. The number of primary amides is 1. The lowest BCUT2D eigenvalue weighted by Crippen LogP contribution is -2.45. The molecule has 5 heteroatoms. The first kappa shape index (κ1) is 13.6. The summed E-state index contributed by atoms with van der Waals surface area (Å²) in [5, 5.41) is 2.66. The van der Waals surface area contributed by atoms with Crippen molar-refractivity contribution in [2.24, 2.45) is 11.7 Å². The molecule has 19 heavy (non-hydrogen) atoms. The monoisotopic (exact) mass is 264 g/mol. The van der Waals surface area contributed by atoms with Crippen molar-refractivity contribution in [3.8, 4) is 0 Å². The highest BCUT2D eigenvalue weighted by Crippen LogP contribution is 2.27. The number of furan rings is 1. The minimum atomic E-state index is -0.610. The number of carbonyl (C=O) groups excluding carboxylic acids is 2.